The first-order valence-corrected chi connectivity index (χ1v) is 24.0. The van der Waals surface area contributed by atoms with E-state index in [9.17, 15) is 0 Å². The fourth-order valence-corrected chi connectivity index (χ4v) is 12.8. The lowest BCUT2D eigenvalue weighted by Gasteiger charge is -2.31. The molecule has 67 heavy (non-hydrogen) atoms. The predicted octanol–water partition coefficient (Wildman–Crippen LogP) is 18.0. The molecule has 11 aromatic carbocycles. The van der Waals surface area contributed by atoms with E-state index in [0.717, 1.165) is 17.1 Å². The highest BCUT2D eigenvalue weighted by Crippen LogP contribution is 2.63. The first-order chi connectivity index (χ1) is 33.2. The van der Waals surface area contributed by atoms with Crippen LogP contribution in [0.2, 0.25) is 0 Å². The third-order valence-electron chi connectivity index (χ3n) is 14.5. The normalized spacial score (nSPS) is 12.9. The van der Waals surface area contributed by atoms with Crippen LogP contribution in [-0.4, -0.2) is 0 Å². The minimum absolute atomic E-state index is 0.405. The zero-order chi connectivity index (χ0) is 44.1. The van der Waals surface area contributed by atoms with Crippen LogP contribution in [0.25, 0.3) is 86.6 Å². The van der Waals surface area contributed by atoms with Crippen LogP contribution in [-0.2, 0) is 5.41 Å². The smallest absolute Gasteiger partial charge is 0.0725 e. The molecule has 12 aromatic rings. The molecule has 1 spiro atoms. The van der Waals surface area contributed by atoms with Gasteiger partial charge in [-0.1, -0.05) is 200 Å². The summed E-state index contributed by atoms with van der Waals surface area (Å²) in [5.74, 6) is 0. The summed E-state index contributed by atoms with van der Waals surface area (Å²) >= 11 is 1.88. The van der Waals surface area contributed by atoms with Gasteiger partial charge in [0, 0.05) is 31.5 Å². The van der Waals surface area contributed by atoms with Gasteiger partial charge in [0.1, 0.15) is 0 Å². The molecule has 2 aliphatic rings. The monoisotopic (exact) mass is 867 g/mol. The Morgan fingerprint density at radius 1 is 0.313 bits per heavy atom. The SMILES string of the molecule is c1ccc(-c2ccc(N(c3ccc(-c4ccc5ccccc5c4)cc3)c3cccc(-c4ccc5c(c4)C4(c6ccccc6-c6ccccc64)c4ccccc4-5)c3)c3c2sc2ccccc23)cc1. The standard InChI is InChI=1S/C65H41NS/c1-2-16-44(17-3-1)51-37-38-61(63-56-24-9-13-28-62(56)67-64(51)63)66(49-34-31-43(32-35-49)47-30-29-42-15-4-5-18-45(42)39-47)50-20-14-19-46(40-50)48-33-36-55-54-23-8-12-27-59(54)65(60(55)41-48)57-25-10-6-21-52(57)53-22-7-11-26-58(53)65/h1-41H. The summed E-state index contributed by atoms with van der Waals surface area (Å²) in [6.45, 7) is 0. The molecule has 0 radical (unpaired) electrons. The van der Waals surface area contributed by atoms with Crippen molar-refractivity contribution in [1.29, 1.82) is 0 Å². The van der Waals surface area contributed by atoms with E-state index < -0.39 is 5.41 Å². The highest BCUT2D eigenvalue weighted by Gasteiger charge is 2.51. The molecule has 1 aromatic heterocycles. The molecule has 0 amide bonds. The molecule has 0 saturated carbocycles. The summed E-state index contributed by atoms with van der Waals surface area (Å²) in [6, 6.07) is 92.5. The Hall–Kier alpha value is -8.30. The van der Waals surface area contributed by atoms with Crippen molar-refractivity contribution in [3.63, 3.8) is 0 Å². The lowest BCUT2D eigenvalue weighted by Crippen LogP contribution is -2.25. The Morgan fingerprint density at radius 3 is 1.61 bits per heavy atom. The Balaban J connectivity index is 0.966. The van der Waals surface area contributed by atoms with E-state index in [1.807, 2.05) is 11.3 Å². The Kier molecular flexibility index (Phi) is 8.44. The average molecular weight is 868 g/mol. The summed E-state index contributed by atoms with van der Waals surface area (Å²) in [5.41, 5.74) is 20.9. The molecule has 0 fully saturated rings. The highest BCUT2D eigenvalue weighted by atomic mass is 32.1. The van der Waals surface area contributed by atoms with Crippen molar-refractivity contribution in [2.75, 3.05) is 4.90 Å². The van der Waals surface area contributed by atoms with Gasteiger partial charge < -0.3 is 4.90 Å². The van der Waals surface area contributed by atoms with Crippen molar-refractivity contribution in [1.82, 2.24) is 0 Å². The van der Waals surface area contributed by atoms with Crippen molar-refractivity contribution in [2.45, 2.75) is 5.41 Å². The summed E-state index contributed by atoms with van der Waals surface area (Å²) in [6.07, 6.45) is 0. The van der Waals surface area contributed by atoms with Gasteiger partial charge in [0.05, 0.1) is 11.1 Å². The number of nitrogens with zero attached hydrogens (tertiary/aromatic N) is 1. The van der Waals surface area contributed by atoms with Crippen molar-refractivity contribution in [3.8, 4) is 55.6 Å². The summed E-state index contributed by atoms with van der Waals surface area (Å²) in [4.78, 5) is 2.48. The zero-order valence-electron chi connectivity index (χ0n) is 36.5. The molecule has 0 aliphatic heterocycles. The maximum absolute atomic E-state index is 2.50. The van der Waals surface area contributed by atoms with Crippen LogP contribution in [0, 0.1) is 0 Å². The predicted molar refractivity (Wildman–Crippen MR) is 284 cm³/mol. The molecule has 14 rings (SSSR count). The maximum atomic E-state index is 2.50. The van der Waals surface area contributed by atoms with Gasteiger partial charge in [0.15, 0.2) is 0 Å². The third-order valence-corrected chi connectivity index (χ3v) is 15.7. The second-order valence-corrected chi connectivity index (χ2v) is 19.0. The molecule has 0 N–H and O–H groups in total. The number of benzene rings is 11. The number of hydrogen-bond acceptors (Lipinski definition) is 2. The lowest BCUT2D eigenvalue weighted by molar-refractivity contribution is 0.794. The molecule has 0 unspecified atom stereocenters. The molecular formula is C65H41NS. The quantitative estimate of drug-likeness (QED) is 0.161. The minimum atomic E-state index is -0.405. The topological polar surface area (TPSA) is 3.24 Å². The van der Waals surface area contributed by atoms with Crippen LogP contribution in [0.1, 0.15) is 22.3 Å². The highest BCUT2D eigenvalue weighted by molar-refractivity contribution is 7.26. The van der Waals surface area contributed by atoms with Gasteiger partial charge in [0.25, 0.3) is 0 Å². The van der Waals surface area contributed by atoms with Crippen molar-refractivity contribution in [3.05, 3.63) is 271 Å². The van der Waals surface area contributed by atoms with Crippen LogP contribution in [0.3, 0.4) is 0 Å². The van der Waals surface area contributed by atoms with Gasteiger partial charge in [-0.05, 0) is 137 Å². The number of rotatable bonds is 6. The summed E-state index contributed by atoms with van der Waals surface area (Å²) in [5, 5.41) is 5.03. The minimum Gasteiger partial charge on any atom is -0.310 e. The molecule has 1 nitrogen and oxygen atoms in total. The zero-order valence-corrected chi connectivity index (χ0v) is 37.3. The van der Waals surface area contributed by atoms with Crippen LogP contribution in [0.15, 0.2) is 249 Å². The fraction of sp³-hybridized carbons (Fsp3) is 0.0154. The lowest BCUT2D eigenvalue weighted by atomic mass is 9.70. The van der Waals surface area contributed by atoms with Gasteiger partial charge in [-0.3, -0.25) is 0 Å². The van der Waals surface area contributed by atoms with Crippen LogP contribution < -0.4 is 4.90 Å². The number of fused-ring (bicyclic) bond motifs is 14. The van der Waals surface area contributed by atoms with E-state index in [0.29, 0.717) is 0 Å². The average Bonchev–Trinajstić information content (AvgIpc) is 4.04. The Labute approximate surface area is 394 Å². The van der Waals surface area contributed by atoms with E-state index in [4.69, 9.17) is 0 Å². The van der Waals surface area contributed by atoms with Crippen molar-refractivity contribution >= 4 is 59.3 Å². The van der Waals surface area contributed by atoms with Crippen LogP contribution in [0.4, 0.5) is 17.1 Å². The van der Waals surface area contributed by atoms with Gasteiger partial charge in [-0.15, -0.1) is 11.3 Å². The molecule has 0 atom stereocenters. The largest absolute Gasteiger partial charge is 0.310 e. The first-order valence-electron chi connectivity index (χ1n) is 23.2. The maximum Gasteiger partial charge on any atom is 0.0725 e. The fourth-order valence-electron chi connectivity index (χ4n) is 11.5. The first kappa shape index (κ1) is 38.0. The second-order valence-electron chi connectivity index (χ2n) is 17.9. The molecule has 1 heterocycles. The number of thiophene rings is 1. The number of anilines is 3. The van der Waals surface area contributed by atoms with E-state index in [2.05, 4.69) is 254 Å². The summed E-state index contributed by atoms with van der Waals surface area (Å²) < 4.78 is 2.57. The second kappa shape index (κ2) is 14.9. The molecule has 312 valence electrons. The Morgan fingerprint density at radius 2 is 0.866 bits per heavy atom. The van der Waals surface area contributed by atoms with Crippen LogP contribution >= 0.6 is 11.3 Å². The van der Waals surface area contributed by atoms with Crippen molar-refractivity contribution < 1.29 is 0 Å². The molecule has 2 aliphatic carbocycles. The molecular weight excluding hydrogens is 827 g/mol. The van der Waals surface area contributed by atoms with Gasteiger partial charge in [0.2, 0.25) is 0 Å². The van der Waals surface area contributed by atoms with Gasteiger partial charge >= 0.3 is 0 Å². The molecule has 0 bridgehead atoms. The molecule has 2 heteroatoms. The van der Waals surface area contributed by atoms with Crippen LogP contribution in [0.5, 0.6) is 0 Å². The van der Waals surface area contributed by atoms with Gasteiger partial charge in [-0.25, -0.2) is 0 Å². The third kappa shape index (κ3) is 5.67. The molecule has 0 saturated heterocycles. The number of hydrogen-bond donors (Lipinski definition) is 0. The van der Waals surface area contributed by atoms with E-state index >= 15 is 0 Å². The Bertz CT molecular complexity index is 3870. The van der Waals surface area contributed by atoms with E-state index in [-0.39, 0.29) is 0 Å². The van der Waals surface area contributed by atoms with Gasteiger partial charge in [-0.2, -0.15) is 0 Å². The van der Waals surface area contributed by atoms with Crippen molar-refractivity contribution in [2.24, 2.45) is 0 Å². The summed E-state index contributed by atoms with van der Waals surface area (Å²) in [7, 11) is 0. The van der Waals surface area contributed by atoms with E-state index in [1.165, 1.54) is 109 Å². The van der Waals surface area contributed by atoms with E-state index in [1.54, 1.807) is 0 Å².